The van der Waals surface area contributed by atoms with E-state index in [1.807, 2.05) is 36.4 Å². The lowest BCUT2D eigenvalue weighted by atomic mass is 10.1. The van der Waals surface area contributed by atoms with E-state index in [-0.39, 0.29) is 5.91 Å². The van der Waals surface area contributed by atoms with Crippen molar-refractivity contribution in [3.05, 3.63) is 70.2 Å². The van der Waals surface area contributed by atoms with Gasteiger partial charge in [-0.25, -0.2) is 0 Å². The van der Waals surface area contributed by atoms with Gasteiger partial charge in [0.2, 0.25) is 5.91 Å². The largest absolute Gasteiger partial charge is 0.366 e. The second-order valence-electron chi connectivity index (χ2n) is 5.41. The number of carbonyl (C=O) groups excluding carboxylic acids is 1. The van der Waals surface area contributed by atoms with E-state index in [9.17, 15) is 4.79 Å². The van der Waals surface area contributed by atoms with Crippen LogP contribution in [0.3, 0.4) is 0 Å². The fraction of sp³-hybridized carbons (Fsp3) is 0.235. The number of hydrogen-bond acceptors (Lipinski definition) is 2. The Morgan fingerprint density at radius 3 is 2.57 bits per heavy atom. The maximum absolute atomic E-state index is 11.1. The summed E-state index contributed by atoms with van der Waals surface area (Å²) in [5.74, 6) is 0.125. The quantitative estimate of drug-likeness (QED) is 0.891. The highest BCUT2D eigenvalue weighted by molar-refractivity contribution is 6.31. The average molecular weight is 301 g/mol. The number of benzene rings is 2. The first-order valence-electron chi connectivity index (χ1n) is 7.01. The van der Waals surface area contributed by atoms with Crippen molar-refractivity contribution >= 4 is 17.5 Å². The Balaban J connectivity index is 1.57. The first-order chi connectivity index (χ1) is 10.1. The van der Waals surface area contributed by atoms with Crippen LogP contribution in [0.1, 0.15) is 33.8 Å². The summed E-state index contributed by atoms with van der Waals surface area (Å²) >= 11 is 6.14. The molecule has 2 aromatic carbocycles. The van der Waals surface area contributed by atoms with E-state index in [1.165, 1.54) is 5.56 Å². The van der Waals surface area contributed by atoms with Crippen LogP contribution in [-0.4, -0.2) is 11.9 Å². The zero-order chi connectivity index (χ0) is 14.8. The molecule has 21 heavy (non-hydrogen) atoms. The zero-order valence-electron chi connectivity index (χ0n) is 11.6. The molecule has 1 aliphatic rings. The average Bonchev–Trinajstić information content (AvgIpc) is 3.26. The maximum Gasteiger partial charge on any atom is 0.248 e. The Kier molecular flexibility index (Phi) is 3.95. The third-order valence-corrected chi connectivity index (χ3v) is 4.30. The minimum Gasteiger partial charge on any atom is -0.366 e. The maximum atomic E-state index is 11.1. The van der Waals surface area contributed by atoms with Crippen LogP contribution >= 0.6 is 11.6 Å². The van der Waals surface area contributed by atoms with Crippen molar-refractivity contribution in [2.75, 3.05) is 0 Å². The van der Waals surface area contributed by atoms with Crippen LogP contribution in [0.4, 0.5) is 0 Å². The van der Waals surface area contributed by atoms with Crippen LogP contribution in [-0.2, 0) is 6.54 Å². The predicted molar refractivity (Wildman–Crippen MR) is 84.4 cm³/mol. The van der Waals surface area contributed by atoms with E-state index in [4.69, 9.17) is 17.3 Å². The highest BCUT2D eigenvalue weighted by atomic mass is 35.5. The molecule has 2 atom stereocenters. The molecule has 0 bridgehead atoms. The Hall–Kier alpha value is -1.84. The molecule has 0 heterocycles. The number of hydrogen-bond donors (Lipinski definition) is 2. The number of amides is 1. The number of primary amides is 1. The van der Waals surface area contributed by atoms with Crippen LogP contribution < -0.4 is 11.1 Å². The highest BCUT2D eigenvalue weighted by Crippen LogP contribution is 2.41. The molecule has 2 aromatic rings. The molecule has 3 nitrogen and oxygen atoms in total. The summed E-state index contributed by atoms with van der Waals surface area (Å²) in [5, 5.41) is 4.32. The minimum atomic E-state index is -0.384. The van der Waals surface area contributed by atoms with E-state index in [0.717, 1.165) is 23.6 Å². The predicted octanol–water partition coefficient (Wildman–Crippen LogP) is 3.08. The molecule has 108 valence electrons. The van der Waals surface area contributed by atoms with Crippen molar-refractivity contribution in [1.29, 1.82) is 0 Å². The molecule has 0 aromatic heterocycles. The number of halogens is 1. The van der Waals surface area contributed by atoms with Gasteiger partial charge in [0.25, 0.3) is 0 Å². The second-order valence-corrected chi connectivity index (χ2v) is 5.81. The van der Waals surface area contributed by atoms with Crippen molar-refractivity contribution in [3.8, 4) is 0 Å². The molecule has 3 N–H and O–H groups in total. The van der Waals surface area contributed by atoms with Crippen LogP contribution in [0, 0.1) is 0 Å². The lowest BCUT2D eigenvalue weighted by Crippen LogP contribution is -2.17. The first kappa shape index (κ1) is 14.1. The molecule has 0 radical (unpaired) electrons. The van der Waals surface area contributed by atoms with Gasteiger partial charge in [-0.15, -0.1) is 0 Å². The Labute approximate surface area is 129 Å². The molecule has 0 spiro atoms. The van der Waals surface area contributed by atoms with Crippen LogP contribution in [0.15, 0.2) is 48.5 Å². The fourth-order valence-electron chi connectivity index (χ4n) is 2.57. The molecule has 1 fully saturated rings. The molecule has 0 aliphatic heterocycles. The molecule has 4 heteroatoms. The van der Waals surface area contributed by atoms with Crippen molar-refractivity contribution < 1.29 is 4.79 Å². The van der Waals surface area contributed by atoms with Gasteiger partial charge in [-0.1, -0.05) is 41.9 Å². The highest BCUT2D eigenvalue weighted by Gasteiger charge is 2.37. The fourth-order valence-corrected chi connectivity index (χ4v) is 2.77. The van der Waals surface area contributed by atoms with Crippen molar-refractivity contribution in [1.82, 2.24) is 5.32 Å². The second kappa shape index (κ2) is 5.88. The van der Waals surface area contributed by atoms with Gasteiger partial charge < -0.3 is 11.1 Å². The molecule has 1 amide bonds. The third-order valence-electron chi connectivity index (χ3n) is 3.93. The number of carbonyl (C=O) groups is 1. The van der Waals surface area contributed by atoms with Gasteiger partial charge in [0, 0.05) is 29.1 Å². The summed E-state index contributed by atoms with van der Waals surface area (Å²) in [6.07, 6.45) is 1.11. The minimum absolute atomic E-state index is 0.384. The van der Waals surface area contributed by atoms with Gasteiger partial charge in [-0.2, -0.15) is 0 Å². The lowest BCUT2D eigenvalue weighted by Gasteiger charge is -2.06. The summed E-state index contributed by atoms with van der Waals surface area (Å²) in [4.78, 5) is 11.1. The summed E-state index contributed by atoms with van der Waals surface area (Å²) in [5.41, 5.74) is 8.17. The van der Waals surface area contributed by atoms with Gasteiger partial charge in [-0.05, 0) is 35.7 Å². The topological polar surface area (TPSA) is 55.1 Å². The van der Waals surface area contributed by atoms with Gasteiger partial charge in [0.1, 0.15) is 0 Å². The smallest absolute Gasteiger partial charge is 0.248 e. The SMILES string of the molecule is NC(=O)c1ccc(C2CC2NCc2ccccc2Cl)cc1. The molecule has 1 saturated carbocycles. The molecular formula is C17H17ClN2O. The first-order valence-corrected chi connectivity index (χ1v) is 7.39. The molecule has 1 aliphatic carbocycles. The van der Waals surface area contributed by atoms with Gasteiger partial charge in [-0.3, -0.25) is 4.79 Å². The number of nitrogens with two attached hydrogens (primary N) is 1. The van der Waals surface area contributed by atoms with E-state index >= 15 is 0 Å². The standard InChI is InChI=1S/C17H17ClN2O/c18-15-4-2-1-3-13(15)10-20-16-9-14(16)11-5-7-12(8-6-11)17(19)21/h1-8,14,16,20H,9-10H2,(H2,19,21). The molecule has 0 saturated heterocycles. The van der Waals surface area contributed by atoms with Crippen LogP contribution in [0.25, 0.3) is 0 Å². The van der Waals surface area contributed by atoms with Crippen molar-refractivity contribution in [2.45, 2.75) is 24.9 Å². The molecule has 2 unspecified atom stereocenters. The molecular weight excluding hydrogens is 284 g/mol. The Morgan fingerprint density at radius 1 is 1.19 bits per heavy atom. The third kappa shape index (κ3) is 3.26. The number of rotatable bonds is 5. The van der Waals surface area contributed by atoms with Crippen molar-refractivity contribution in [3.63, 3.8) is 0 Å². The number of nitrogens with one attached hydrogen (secondary N) is 1. The summed E-state index contributed by atoms with van der Waals surface area (Å²) in [7, 11) is 0. The van der Waals surface area contributed by atoms with E-state index in [1.54, 1.807) is 12.1 Å². The van der Waals surface area contributed by atoms with Gasteiger partial charge >= 0.3 is 0 Å². The zero-order valence-corrected chi connectivity index (χ0v) is 12.3. The Morgan fingerprint density at radius 2 is 1.90 bits per heavy atom. The van der Waals surface area contributed by atoms with Gasteiger partial charge in [0.15, 0.2) is 0 Å². The van der Waals surface area contributed by atoms with E-state index in [0.29, 0.717) is 17.5 Å². The Bertz CT molecular complexity index is 654. The molecule has 3 rings (SSSR count). The van der Waals surface area contributed by atoms with Crippen LogP contribution in [0.5, 0.6) is 0 Å². The summed E-state index contributed by atoms with van der Waals surface area (Å²) < 4.78 is 0. The summed E-state index contributed by atoms with van der Waals surface area (Å²) in [6.45, 7) is 0.778. The lowest BCUT2D eigenvalue weighted by molar-refractivity contribution is 0.100. The van der Waals surface area contributed by atoms with Gasteiger partial charge in [0.05, 0.1) is 0 Å². The monoisotopic (exact) mass is 300 g/mol. The van der Waals surface area contributed by atoms with E-state index < -0.39 is 0 Å². The van der Waals surface area contributed by atoms with E-state index in [2.05, 4.69) is 5.32 Å². The van der Waals surface area contributed by atoms with Crippen LogP contribution in [0.2, 0.25) is 5.02 Å². The normalized spacial score (nSPS) is 20.2. The summed E-state index contributed by atoms with van der Waals surface area (Å²) in [6, 6.07) is 15.9. The van der Waals surface area contributed by atoms with Crippen molar-refractivity contribution in [2.24, 2.45) is 5.73 Å².